The third kappa shape index (κ3) is 41.1. The quantitative estimate of drug-likeness (QED) is 0.0183. The standard InChI is InChI=1S/C44H79O9P/c1-3-5-7-9-11-13-14-15-16-17-18-19-20-21-23-25-29-34-38-44(47)53-42(40-52-54(48,49)50)39-51-43(46)37-33-30-26-28-32-36-41(45)35-31-27-24-22-12-10-8-6-4-2/h12,22,26-28,31-32,36,41-42,45H,3-11,13-21,23-25,29-30,33-35,37-40H2,1-2H3,(H2,48,49,50)/b22-12-,28-26+,31-27-,36-32-/t41?,42-/m1/s1. The topological polar surface area (TPSA) is 140 Å². The van der Waals surface area contributed by atoms with Gasteiger partial charge in [-0.2, -0.15) is 0 Å². The summed E-state index contributed by atoms with van der Waals surface area (Å²) in [5, 5.41) is 10.1. The largest absolute Gasteiger partial charge is 0.469 e. The Hall–Kier alpha value is -2.03. The monoisotopic (exact) mass is 783 g/mol. The number of unbranched alkanes of at least 4 members (excludes halogenated alkanes) is 21. The predicted octanol–water partition coefficient (Wildman–Crippen LogP) is 12.1. The fourth-order valence-corrected chi connectivity index (χ4v) is 6.28. The molecule has 0 spiro atoms. The maximum atomic E-state index is 12.4. The first-order chi connectivity index (χ1) is 26.2. The van der Waals surface area contributed by atoms with E-state index >= 15 is 0 Å². The molecule has 0 aromatic carbocycles. The molecule has 54 heavy (non-hydrogen) atoms. The Kier molecular flexibility index (Phi) is 37.7. The highest BCUT2D eigenvalue weighted by Crippen LogP contribution is 2.36. The first-order valence-electron chi connectivity index (χ1n) is 21.5. The van der Waals surface area contributed by atoms with Gasteiger partial charge in [0.15, 0.2) is 6.10 Å². The molecule has 10 heteroatoms. The number of aliphatic hydroxyl groups is 1. The van der Waals surface area contributed by atoms with Gasteiger partial charge >= 0.3 is 19.8 Å². The number of esters is 2. The summed E-state index contributed by atoms with van der Waals surface area (Å²) in [7, 11) is -4.79. The molecule has 0 amide bonds. The van der Waals surface area contributed by atoms with Crippen molar-refractivity contribution in [3.05, 3.63) is 48.6 Å². The number of hydrogen-bond donors (Lipinski definition) is 3. The van der Waals surface area contributed by atoms with E-state index in [4.69, 9.17) is 19.3 Å². The maximum Gasteiger partial charge on any atom is 0.469 e. The van der Waals surface area contributed by atoms with Crippen LogP contribution in [0.5, 0.6) is 0 Å². The highest BCUT2D eigenvalue weighted by Gasteiger charge is 2.22. The molecule has 0 fully saturated rings. The lowest BCUT2D eigenvalue weighted by molar-refractivity contribution is -0.161. The summed E-state index contributed by atoms with van der Waals surface area (Å²) in [5.74, 6) is -1.01. The molecule has 0 saturated carbocycles. The average Bonchev–Trinajstić information content (AvgIpc) is 3.14. The molecule has 0 aliphatic rings. The first-order valence-corrected chi connectivity index (χ1v) is 23.1. The minimum Gasteiger partial charge on any atom is -0.462 e. The number of carbonyl (C=O) groups excluding carboxylic acids is 2. The number of phosphoric ester groups is 1. The van der Waals surface area contributed by atoms with Crippen molar-refractivity contribution in [1.82, 2.24) is 0 Å². The van der Waals surface area contributed by atoms with Crippen LogP contribution in [0, 0.1) is 0 Å². The summed E-state index contributed by atoms with van der Waals surface area (Å²) in [6, 6.07) is 0. The Balaban J connectivity index is 4.06. The van der Waals surface area contributed by atoms with Crippen molar-refractivity contribution in [1.29, 1.82) is 0 Å². The zero-order chi connectivity index (χ0) is 39.8. The average molecular weight is 783 g/mol. The molecule has 0 aromatic heterocycles. The van der Waals surface area contributed by atoms with Gasteiger partial charge in [-0.3, -0.25) is 14.1 Å². The maximum absolute atomic E-state index is 12.4. The van der Waals surface area contributed by atoms with Crippen molar-refractivity contribution in [3.8, 4) is 0 Å². The highest BCUT2D eigenvalue weighted by atomic mass is 31.2. The van der Waals surface area contributed by atoms with Crippen LogP contribution in [0.1, 0.15) is 194 Å². The summed E-state index contributed by atoms with van der Waals surface area (Å²) in [6.45, 7) is 3.54. The number of allylic oxidation sites excluding steroid dienone is 6. The van der Waals surface area contributed by atoms with Crippen molar-refractivity contribution >= 4 is 19.8 Å². The highest BCUT2D eigenvalue weighted by molar-refractivity contribution is 7.46. The fraction of sp³-hybridized carbons (Fsp3) is 0.773. The lowest BCUT2D eigenvalue weighted by atomic mass is 10.0. The molecule has 0 saturated heterocycles. The van der Waals surface area contributed by atoms with Gasteiger partial charge in [-0.25, -0.2) is 4.57 Å². The summed E-state index contributed by atoms with van der Waals surface area (Å²) >= 11 is 0. The van der Waals surface area contributed by atoms with E-state index in [1.807, 2.05) is 18.2 Å². The van der Waals surface area contributed by atoms with E-state index in [0.29, 0.717) is 25.7 Å². The molecule has 0 radical (unpaired) electrons. The van der Waals surface area contributed by atoms with Crippen molar-refractivity contribution in [2.75, 3.05) is 13.2 Å². The second kappa shape index (κ2) is 39.2. The molecule has 0 aliphatic carbocycles. The first kappa shape index (κ1) is 52.0. The smallest absolute Gasteiger partial charge is 0.462 e. The van der Waals surface area contributed by atoms with Crippen LogP contribution >= 0.6 is 7.82 Å². The summed E-state index contributed by atoms with van der Waals surface area (Å²) in [5.41, 5.74) is 0. The van der Waals surface area contributed by atoms with Crippen LogP contribution in [0.4, 0.5) is 0 Å². The number of hydrogen-bond acceptors (Lipinski definition) is 7. The zero-order valence-electron chi connectivity index (χ0n) is 34.2. The molecule has 0 aromatic rings. The van der Waals surface area contributed by atoms with E-state index in [1.54, 1.807) is 12.2 Å². The van der Waals surface area contributed by atoms with Gasteiger partial charge in [-0.1, -0.05) is 184 Å². The van der Waals surface area contributed by atoms with Gasteiger partial charge in [-0.05, 0) is 44.9 Å². The van der Waals surface area contributed by atoms with Crippen LogP contribution in [0.3, 0.4) is 0 Å². The molecule has 314 valence electrons. The predicted molar refractivity (Wildman–Crippen MR) is 222 cm³/mol. The minimum absolute atomic E-state index is 0.133. The Morgan fingerprint density at radius 2 is 1.07 bits per heavy atom. The number of ether oxygens (including phenoxy) is 2. The van der Waals surface area contributed by atoms with Gasteiger partial charge in [0.1, 0.15) is 6.61 Å². The van der Waals surface area contributed by atoms with Crippen molar-refractivity contribution in [2.45, 2.75) is 206 Å². The molecule has 0 bridgehead atoms. The molecule has 3 N–H and O–H groups in total. The van der Waals surface area contributed by atoms with Gasteiger partial charge in [0.2, 0.25) is 0 Å². The van der Waals surface area contributed by atoms with E-state index in [0.717, 1.165) is 32.1 Å². The van der Waals surface area contributed by atoms with Gasteiger partial charge in [0.05, 0.1) is 12.7 Å². The minimum atomic E-state index is -4.79. The number of aliphatic hydroxyl groups excluding tert-OH is 1. The van der Waals surface area contributed by atoms with Crippen molar-refractivity contribution in [3.63, 3.8) is 0 Å². The number of rotatable bonds is 39. The Morgan fingerprint density at radius 3 is 1.65 bits per heavy atom. The second-order valence-electron chi connectivity index (χ2n) is 14.5. The molecule has 0 heterocycles. The lowest BCUT2D eigenvalue weighted by Crippen LogP contribution is -2.29. The SMILES string of the molecule is CCCCC/C=C\C/C=C\CC(O)/C=C\C=C\CCCC(=O)OC[C@H](COP(=O)(O)O)OC(=O)CCCCCCCCCCCCCCCCCCCC. The fourth-order valence-electron chi connectivity index (χ4n) is 5.92. The van der Waals surface area contributed by atoms with E-state index in [-0.39, 0.29) is 19.4 Å². The molecule has 0 aliphatic heterocycles. The van der Waals surface area contributed by atoms with Crippen LogP contribution in [0.2, 0.25) is 0 Å². The third-order valence-corrected chi connectivity index (χ3v) is 9.67. The van der Waals surface area contributed by atoms with Crippen LogP contribution in [-0.2, 0) is 28.2 Å². The zero-order valence-corrected chi connectivity index (χ0v) is 35.1. The van der Waals surface area contributed by atoms with Crippen LogP contribution in [-0.4, -0.2) is 52.3 Å². The normalized spacial score (nSPS) is 13.5. The Bertz CT molecular complexity index is 1030. The molecule has 0 rings (SSSR count). The summed E-state index contributed by atoms with van der Waals surface area (Å²) in [4.78, 5) is 42.8. The molecule has 9 nitrogen and oxygen atoms in total. The molecule has 1 unspecified atom stereocenters. The Labute approximate surface area is 329 Å². The van der Waals surface area contributed by atoms with Crippen molar-refractivity contribution in [2.24, 2.45) is 0 Å². The Morgan fingerprint density at radius 1 is 0.574 bits per heavy atom. The molecular weight excluding hydrogens is 703 g/mol. The molecular formula is C44H79O9P. The third-order valence-electron chi connectivity index (χ3n) is 9.18. The van der Waals surface area contributed by atoms with Gasteiger partial charge < -0.3 is 24.4 Å². The van der Waals surface area contributed by atoms with Gasteiger partial charge in [0.25, 0.3) is 0 Å². The van der Waals surface area contributed by atoms with E-state index in [2.05, 4.69) is 36.6 Å². The van der Waals surface area contributed by atoms with Gasteiger partial charge in [-0.15, -0.1) is 0 Å². The summed E-state index contributed by atoms with van der Waals surface area (Å²) < 4.78 is 26.3. The second-order valence-corrected chi connectivity index (χ2v) is 15.8. The van der Waals surface area contributed by atoms with E-state index < -0.39 is 38.6 Å². The van der Waals surface area contributed by atoms with Crippen molar-refractivity contribution < 1.29 is 43.0 Å². The van der Waals surface area contributed by atoms with Crippen LogP contribution < -0.4 is 0 Å². The number of carbonyl (C=O) groups is 2. The molecule has 2 atom stereocenters. The van der Waals surface area contributed by atoms with Gasteiger partial charge in [0, 0.05) is 12.8 Å². The van der Waals surface area contributed by atoms with E-state index in [1.165, 1.54) is 109 Å². The number of phosphoric acid groups is 1. The van der Waals surface area contributed by atoms with Crippen LogP contribution in [0.25, 0.3) is 0 Å². The van der Waals surface area contributed by atoms with Crippen LogP contribution in [0.15, 0.2) is 48.6 Å². The summed E-state index contributed by atoms with van der Waals surface area (Å²) in [6.07, 6.45) is 44.3. The lowest BCUT2D eigenvalue weighted by Gasteiger charge is -2.18. The van der Waals surface area contributed by atoms with E-state index in [9.17, 15) is 19.3 Å².